The molecular formula is C15H16FNO3S. The number of thiophene rings is 1. The highest BCUT2D eigenvalue weighted by atomic mass is 32.1. The lowest BCUT2D eigenvalue weighted by atomic mass is 10.1. The van der Waals surface area contributed by atoms with Gasteiger partial charge in [-0.05, 0) is 36.8 Å². The Hall–Kier alpha value is -1.92. The van der Waals surface area contributed by atoms with Gasteiger partial charge in [-0.15, -0.1) is 11.3 Å². The molecule has 1 heterocycles. The van der Waals surface area contributed by atoms with Crippen molar-refractivity contribution in [2.24, 2.45) is 0 Å². The molecule has 0 aliphatic rings. The smallest absolute Gasteiger partial charge is 0.261 e. The number of aromatic hydroxyl groups is 1. The summed E-state index contributed by atoms with van der Waals surface area (Å²) in [5.74, 6) is -1.32. The van der Waals surface area contributed by atoms with E-state index in [1.807, 2.05) is 6.07 Å². The minimum absolute atomic E-state index is 0.219. The first-order valence-electron chi connectivity index (χ1n) is 6.38. The Morgan fingerprint density at radius 2 is 2.19 bits per heavy atom. The maximum atomic E-state index is 13.3. The van der Waals surface area contributed by atoms with Crippen molar-refractivity contribution >= 4 is 17.2 Å². The molecule has 0 aliphatic heterocycles. The maximum absolute atomic E-state index is 13.3. The first kappa shape index (κ1) is 15.5. The fourth-order valence-corrected chi connectivity index (χ4v) is 2.75. The van der Waals surface area contributed by atoms with Crippen LogP contribution in [0.5, 0.6) is 5.75 Å². The molecule has 0 radical (unpaired) electrons. The number of nitrogens with one attached hydrogen (secondary N) is 1. The highest BCUT2D eigenvalue weighted by Gasteiger charge is 2.14. The predicted molar refractivity (Wildman–Crippen MR) is 79.0 cm³/mol. The lowest BCUT2D eigenvalue weighted by Gasteiger charge is -2.14. The second kappa shape index (κ2) is 6.69. The van der Waals surface area contributed by atoms with Crippen LogP contribution in [-0.4, -0.2) is 18.1 Å². The van der Waals surface area contributed by atoms with Gasteiger partial charge in [0.2, 0.25) is 0 Å². The molecule has 2 aromatic rings. The molecule has 0 bridgehead atoms. The molecule has 1 atom stereocenters. The van der Waals surface area contributed by atoms with E-state index < -0.39 is 11.6 Å². The summed E-state index contributed by atoms with van der Waals surface area (Å²) < 4.78 is 18.3. The first-order valence-corrected chi connectivity index (χ1v) is 7.20. The summed E-state index contributed by atoms with van der Waals surface area (Å²) in [6.45, 7) is 2.23. The first-order chi connectivity index (χ1) is 10.0. The third-order valence-electron chi connectivity index (χ3n) is 2.99. The SMILES string of the molecule is COCc1ccc(C(=O)N[C@@H](C)c2ccc(O)c(F)c2)s1. The van der Waals surface area contributed by atoms with Gasteiger partial charge in [0.1, 0.15) is 0 Å². The summed E-state index contributed by atoms with van der Waals surface area (Å²) in [6, 6.07) is 7.28. The molecule has 1 aromatic heterocycles. The lowest BCUT2D eigenvalue weighted by Crippen LogP contribution is -2.25. The predicted octanol–water partition coefficient (Wildman–Crippen LogP) is 3.23. The van der Waals surface area contributed by atoms with Gasteiger partial charge in [0.25, 0.3) is 5.91 Å². The number of phenols is 1. The van der Waals surface area contributed by atoms with E-state index in [0.717, 1.165) is 4.88 Å². The van der Waals surface area contributed by atoms with Crippen LogP contribution in [0.2, 0.25) is 0 Å². The second-order valence-corrected chi connectivity index (χ2v) is 5.77. The lowest BCUT2D eigenvalue weighted by molar-refractivity contribution is 0.0944. The summed E-state index contributed by atoms with van der Waals surface area (Å²) >= 11 is 1.36. The van der Waals surface area contributed by atoms with Crippen molar-refractivity contribution in [2.45, 2.75) is 19.6 Å². The average Bonchev–Trinajstić information content (AvgIpc) is 2.91. The van der Waals surface area contributed by atoms with E-state index in [1.54, 1.807) is 26.2 Å². The zero-order chi connectivity index (χ0) is 15.4. The van der Waals surface area contributed by atoms with Gasteiger partial charge in [-0.3, -0.25) is 4.79 Å². The molecule has 0 fully saturated rings. The van der Waals surface area contributed by atoms with Gasteiger partial charge >= 0.3 is 0 Å². The highest BCUT2D eigenvalue weighted by Crippen LogP contribution is 2.22. The van der Waals surface area contributed by atoms with Gasteiger partial charge in [-0.1, -0.05) is 6.07 Å². The zero-order valence-corrected chi connectivity index (χ0v) is 12.5. The van der Waals surface area contributed by atoms with E-state index in [2.05, 4.69) is 5.32 Å². The molecule has 1 amide bonds. The third-order valence-corrected chi connectivity index (χ3v) is 4.05. The summed E-state index contributed by atoms with van der Waals surface area (Å²) in [5.41, 5.74) is 0.590. The number of amides is 1. The molecule has 6 heteroatoms. The molecule has 21 heavy (non-hydrogen) atoms. The number of rotatable bonds is 5. The third kappa shape index (κ3) is 3.80. The minimum Gasteiger partial charge on any atom is -0.505 e. The van der Waals surface area contributed by atoms with Gasteiger partial charge in [-0.2, -0.15) is 0 Å². The topological polar surface area (TPSA) is 58.6 Å². The molecule has 4 nitrogen and oxygen atoms in total. The number of benzene rings is 1. The van der Waals surface area contributed by atoms with Crippen LogP contribution in [0.15, 0.2) is 30.3 Å². The van der Waals surface area contributed by atoms with Gasteiger partial charge in [-0.25, -0.2) is 4.39 Å². The standard InChI is InChI=1S/C15H16FNO3S/c1-9(10-3-5-13(18)12(16)7-10)17-15(19)14-6-4-11(21-14)8-20-2/h3-7,9,18H,8H2,1-2H3,(H,17,19)/t9-/m0/s1. The van der Waals surface area contributed by atoms with E-state index in [1.165, 1.54) is 23.5 Å². The number of phenolic OH excluding ortho intramolecular Hbond substituents is 1. The fraction of sp³-hybridized carbons (Fsp3) is 0.267. The van der Waals surface area contributed by atoms with E-state index >= 15 is 0 Å². The number of halogens is 1. The van der Waals surface area contributed by atoms with Crippen LogP contribution in [0.25, 0.3) is 0 Å². The molecule has 1 aromatic carbocycles. The number of ether oxygens (including phenoxy) is 1. The van der Waals surface area contributed by atoms with E-state index in [9.17, 15) is 9.18 Å². The summed E-state index contributed by atoms with van der Waals surface area (Å²) in [6.07, 6.45) is 0. The number of carbonyl (C=O) groups is 1. The molecular weight excluding hydrogens is 293 g/mol. The molecule has 0 unspecified atom stereocenters. The van der Waals surface area contributed by atoms with Crippen molar-refractivity contribution in [2.75, 3.05) is 7.11 Å². The Labute approximate surface area is 126 Å². The number of methoxy groups -OCH3 is 1. The average molecular weight is 309 g/mol. The van der Waals surface area contributed by atoms with Gasteiger partial charge in [0.15, 0.2) is 11.6 Å². The number of hydrogen-bond acceptors (Lipinski definition) is 4. The zero-order valence-electron chi connectivity index (χ0n) is 11.7. The van der Waals surface area contributed by atoms with Crippen molar-refractivity contribution in [3.63, 3.8) is 0 Å². The van der Waals surface area contributed by atoms with Crippen molar-refractivity contribution in [1.82, 2.24) is 5.32 Å². The Morgan fingerprint density at radius 1 is 1.43 bits per heavy atom. The summed E-state index contributed by atoms with van der Waals surface area (Å²) in [5, 5.41) is 12.0. The summed E-state index contributed by atoms with van der Waals surface area (Å²) in [4.78, 5) is 13.7. The molecule has 0 saturated carbocycles. The number of carbonyl (C=O) groups excluding carboxylic acids is 1. The van der Waals surface area contributed by atoms with Crippen molar-refractivity contribution in [1.29, 1.82) is 0 Å². The summed E-state index contributed by atoms with van der Waals surface area (Å²) in [7, 11) is 1.60. The Balaban J connectivity index is 2.05. The van der Waals surface area contributed by atoms with E-state index in [0.29, 0.717) is 17.0 Å². The largest absolute Gasteiger partial charge is 0.505 e. The van der Waals surface area contributed by atoms with Gasteiger partial charge in [0, 0.05) is 12.0 Å². The molecule has 0 spiro atoms. The van der Waals surface area contributed by atoms with E-state index in [-0.39, 0.29) is 11.9 Å². The fourth-order valence-electron chi connectivity index (χ4n) is 1.86. The van der Waals surface area contributed by atoms with Crippen molar-refractivity contribution in [3.8, 4) is 5.75 Å². The van der Waals surface area contributed by atoms with Crippen LogP contribution in [-0.2, 0) is 11.3 Å². The monoisotopic (exact) mass is 309 g/mol. The minimum atomic E-state index is -0.702. The van der Waals surface area contributed by atoms with Gasteiger partial charge in [0.05, 0.1) is 17.5 Å². The van der Waals surface area contributed by atoms with Crippen LogP contribution in [0.1, 0.15) is 33.1 Å². The quantitative estimate of drug-likeness (QED) is 0.891. The van der Waals surface area contributed by atoms with Crippen LogP contribution >= 0.6 is 11.3 Å². The Morgan fingerprint density at radius 3 is 2.86 bits per heavy atom. The molecule has 0 saturated heterocycles. The normalized spacial score (nSPS) is 12.1. The van der Waals surface area contributed by atoms with Crippen molar-refractivity contribution < 1.29 is 19.0 Å². The Kier molecular flexibility index (Phi) is 4.93. The van der Waals surface area contributed by atoms with Crippen LogP contribution < -0.4 is 5.32 Å². The highest BCUT2D eigenvalue weighted by molar-refractivity contribution is 7.14. The van der Waals surface area contributed by atoms with E-state index in [4.69, 9.17) is 9.84 Å². The number of hydrogen-bond donors (Lipinski definition) is 2. The van der Waals surface area contributed by atoms with Crippen molar-refractivity contribution in [3.05, 3.63) is 51.5 Å². The molecule has 2 rings (SSSR count). The van der Waals surface area contributed by atoms with Crippen LogP contribution in [0, 0.1) is 5.82 Å². The molecule has 112 valence electrons. The second-order valence-electron chi connectivity index (χ2n) is 4.60. The Bertz CT molecular complexity index is 642. The molecule has 0 aliphatic carbocycles. The van der Waals surface area contributed by atoms with Crippen LogP contribution in [0.4, 0.5) is 4.39 Å². The molecule has 2 N–H and O–H groups in total. The van der Waals surface area contributed by atoms with Crippen LogP contribution in [0.3, 0.4) is 0 Å². The maximum Gasteiger partial charge on any atom is 0.261 e. The van der Waals surface area contributed by atoms with Gasteiger partial charge < -0.3 is 15.2 Å².